The van der Waals surface area contributed by atoms with Crippen molar-refractivity contribution in [2.45, 2.75) is 0 Å². The smallest absolute Gasteiger partial charge is 0.341 e. The van der Waals surface area contributed by atoms with Gasteiger partial charge < -0.3 is 5.73 Å². The minimum atomic E-state index is -0.840. The fraction of sp³-hybridized carbons (Fsp3) is 0. The summed E-state index contributed by atoms with van der Waals surface area (Å²) in [5.41, 5.74) is 7.20. The first-order valence-corrected chi connectivity index (χ1v) is 7.77. The van der Waals surface area contributed by atoms with Crippen LogP contribution in [0.1, 0.15) is 0 Å². The molecule has 0 heterocycles. The van der Waals surface area contributed by atoms with Gasteiger partial charge in [0.05, 0.1) is 17.1 Å². The Bertz CT molecular complexity index is 812. The maximum atomic E-state index is 13.2. The molecule has 0 fully saturated rings. The molecule has 0 aliphatic heterocycles. The minimum absolute atomic E-state index is 0.414. The Labute approximate surface area is 145 Å². The molecule has 0 aliphatic rings. The molecule has 3 aromatic rings. The molecule has 124 valence electrons. The van der Waals surface area contributed by atoms with Gasteiger partial charge in [-0.05, 0) is 36.4 Å². The molecule has 0 saturated carbocycles. The number of hydrogen-bond acceptors (Lipinski definition) is 2. The van der Waals surface area contributed by atoms with E-state index >= 15 is 0 Å². The Morgan fingerprint density at radius 3 is 1.32 bits per heavy atom. The summed E-state index contributed by atoms with van der Waals surface area (Å²) in [7, 11) is 0. The lowest BCUT2D eigenvalue weighted by molar-refractivity contribution is 0.243. The van der Waals surface area contributed by atoms with Gasteiger partial charge in [-0.1, -0.05) is 54.6 Å². The maximum Gasteiger partial charge on any atom is 0.341 e. The zero-order valence-corrected chi connectivity index (χ0v) is 13.4. The molecule has 0 radical (unpaired) electrons. The second kappa shape index (κ2) is 7.31. The fourth-order valence-corrected chi connectivity index (χ4v) is 2.53. The van der Waals surface area contributed by atoms with Crippen molar-refractivity contribution in [3.63, 3.8) is 0 Å². The lowest BCUT2D eigenvalue weighted by Gasteiger charge is -2.28. The highest BCUT2D eigenvalue weighted by Gasteiger charge is 2.28. The highest BCUT2D eigenvalue weighted by atomic mass is 16.2. The van der Waals surface area contributed by atoms with Crippen LogP contribution in [0.2, 0.25) is 0 Å². The quantitative estimate of drug-likeness (QED) is 0.766. The van der Waals surface area contributed by atoms with Gasteiger partial charge in [-0.2, -0.15) is 0 Å². The first-order chi connectivity index (χ1) is 12.2. The number of rotatable bonds is 3. The summed E-state index contributed by atoms with van der Waals surface area (Å²) in [5.74, 6) is 0. The number of benzene rings is 3. The summed E-state index contributed by atoms with van der Waals surface area (Å²) in [5, 5.41) is 0. The number of hydrogen-bond donors (Lipinski definition) is 1. The van der Waals surface area contributed by atoms with Gasteiger partial charge in [0.15, 0.2) is 0 Å². The number of para-hydroxylation sites is 3. The van der Waals surface area contributed by atoms with Crippen LogP contribution in [0.15, 0.2) is 91.0 Å². The molecule has 25 heavy (non-hydrogen) atoms. The molecular weight excluding hydrogens is 314 g/mol. The molecular formula is C20H17N3O2. The molecule has 4 amide bonds. The topological polar surface area (TPSA) is 66.6 Å². The Kier molecular flexibility index (Phi) is 4.76. The van der Waals surface area contributed by atoms with E-state index in [1.54, 1.807) is 54.6 Å². The van der Waals surface area contributed by atoms with Gasteiger partial charge in [0.2, 0.25) is 0 Å². The van der Waals surface area contributed by atoms with Crippen molar-refractivity contribution in [1.82, 2.24) is 0 Å². The Morgan fingerprint density at radius 2 is 0.960 bits per heavy atom. The fourth-order valence-electron chi connectivity index (χ4n) is 2.53. The van der Waals surface area contributed by atoms with Gasteiger partial charge in [-0.25, -0.2) is 14.5 Å². The SMILES string of the molecule is NC(=O)N(C(=O)N(c1ccccc1)c1ccccc1)c1ccccc1. The van der Waals surface area contributed by atoms with Gasteiger partial charge in [0, 0.05) is 0 Å². The van der Waals surface area contributed by atoms with Crippen LogP contribution in [-0.2, 0) is 0 Å². The third kappa shape index (κ3) is 3.50. The summed E-state index contributed by atoms with van der Waals surface area (Å²) < 4.78 is 0. The Balaban J connectivity index is 2.09. The molecule has 5 nitrogen and oxygen atoms in total. The zero-order chi connectivity index (χ0) is 17.6. The van der Waals surface area contributed by atoms with E-state index in [1.807, 2.05) is 36.4 Å². The van der Waals surface area contributed by atoms with Gasteiger partial charge in [0.1, 0.15) is 0 Å². The van der Waals surface area contributed by atoms with E-state index in [2.05, 4.69) is 0 Å². The second-order valence-electron chi connectivity index (χ2n) is 5.30. The van der Waals surface area contributed by atoms with Crippen LogP contribution in [0, 0.1) is 0 Å². The predicted molar refractivity (Wildman–Crippen MR) is 98.9 cm³/mol. The van der Waals surface area contributed by atoms with Crippen LogP contribution in [0.25, 0.3) is 0 Å². The van der Waals surface area contributed by atoms with Gasteiger partial charge in [-0.3, -0.25) is 4.90 Å². The number of nitrogens with two attached hydrogens (primary N) is 1. The van der Waals surface area contributed by atoms with Crippen LogP contribution in [-0.4, -0.2) is 12.1 Å². The third-order valence-corrected chi connectivity index (χ3v) is 3.65. The van der Waals surface area contributed by atoms with Gasteiger partial charge in [-0.15, -0.1) is 0 Å². The van der Waals surface area contributed by atoms with E-state index in [0.717, 1.165) is 4.90 Å². The highest BCUT2D eigenvalue weighted by Crippen LogP contribution is 2.28. The summed E-state index contributed by atoms with van der Waals surface area (Å²) >= 11 is 0. The zero-order valence-electron chi connectivity index (χ0n) is 13.4. The number of carbonyl (C=O) groups excluding carboxylic acids is 2. The molecule has 0 bridgehead atoms. The predicted octanol–water partition coefficient (Wildman–Crippen LogP) is 4.53. The van der Waals surface area contributed by atoms with Crippen molar-refractivity contribution in [3.8, 4) is 0 Å². The van der Waals surface area contributed by atoms with Gasteiger partial charge in [0.25, 0.3) is 0 Å². The molecule has 0 unspecified atom stereocenters. The minimum Gasteiger partial charge on any atom is -0.351 e. The molecule has 0 aliphatic carbocycles. The van der Waals surface area contributed by atoms with Crippen LogP contribution < -0.4 is 15.5 Å². The molecule has 3 aromatic carbocycles. The molecule has 0 aromatic heterocycles. The number of primary amides is 1. The van der Waals surface area contributed by atoms with Crippen molar-refractivity contribution in [3.05, 3.63) is 91.0 Å². The van der Waals surface area contributed by atoms with Crippen LogP contribution in [0.5, 0.6) is 0 Å². The van der Waals surface area contributed by atoms with E-state index < -0.39 is 12.1 Å². The molecule has 0 spiro atoms. The standard InChI is InChI=1S/C20H17N3O2/c21-19(24)23(18-14-8-3-9-15-18)20(25)22(16-10-4-1-5-11-16)17-12-6-2-7-13-17/h1-15H,(H2,21,24). The average Bonchev–Trinajstić information content (AvgIpc) is 2.64. The number of carbonyl (C=O) groups is 2. The second-order valence-corrected chi connectivity index (χ2v) is 5.30. The Hall–Kier alpha value is -3.60. The van der Waals surface area contributed by atoms with Crippen LogP contribution in [0.3, 0.4) is 0 Å². The normalized spacial score (nSPS) is 10.1. The molecule has 5 heteroatoms. The van der Waals surface area contributed by atoms with Crippen molar-refractivity contribution in [1.29, 1.82) is 0 Å². The number of nitrogens with zero attached hydrogens (tertiary/aromatic N) is 2. The van der Waals surface area contributed by atoms with Crippen LogP contribution in [0.4, 0.5) is 26.7 Å². The van der Waals surface area contributed by atoms with Gasteiger partial charge >= 0.3 is 12.1 Å². The third-order valence-electron chi connectivity index (χ3n) is 3.65. The maximum absolute atomic E-state index is 13.2. The molecule has 0 saturated heterocycles. The summed E-state index contributed by atoms with van der Waals surface area (Å²) in [6.07, 6.45) is 0. The summed E-state index contributed by atoms with van der Waals surface area (Å²) in [6, 6.07) is 25.5. The van der Waals surface area contributed by atoms with E-state index in [4.69, 9.17) is 5.73 Å². The lowest BCUT2D eigenvalue weighted by atomic mass is 10.2. The van der Waals surface area contributed by atoms with Crippen molar-refractivity contribution < 1.29 is 9.59 Å². The first-order valence-electron chi connectivity index (χ1n) is 7.77. The van der Waals surface area contributed by atoms with E-state index in [0.29, 0.717) is 17.1 Å². The summed E-state index contributed by atoms with van der Waals surface area (Å²) in [6.45, 7) is 0. The molecule has 0 atom stereocenters. The number of amides is 4. The van der Waals surface area contributed by atoms with Crippen LogP contribution >= 0.6 is 0 Å². The first kappa shape index (κ1) is 16.3. The monoisotopic (exact) mass is 331 g/mol. The van der Waals surface area contributed by atoms with Crippen molar-refractivity contribution in [2.24, 2.45) is 5.73 Å². The molecule has 2 N–H and O–H groups in total. The van der Waals surface area contributed by atoms with E-state index in [-0.39, 0.29) is 0 Å². The van der Waals surface area contributed by atoms with Crippen molar-refractivity contribution >= 4 is 29.1 Å². The van der Waals surface area contributed by atoms with Crippen molar-refractivity contribution in [2.75, 3.05) is 9.80 Å². The Morgan fingerprint density at radius 1 is 0.600 bits per heavy atom. The number of urea groups is 2. The largest absolute Gasteiger partial charge is 0.351 e. The summed E-state index contributed by atoms with van der Waals surface area (Å²) in [4.78, 5) is 27.7. The highest BCUT2D eigenvalue weighted by molar-refractivity contribution is 6.20. The molecule has 3 rings (SSSR count). The lowest BCUT2D eigenvalue weighted by Crippen LogP contribution is -2.47. The number of imide groups is 1. The average molecular weight is 331 g/mol. The van der Waals surface area contributed by atoms with E-state index in [9.17, 15) is 9.59 Å². The number of anilines is 3. The van der Waals surface area contributed by atoms with E-state index in [1.165, 1.54) is 4.90 Å².